The molecule has 100 valence electrons. The van der Waals surface area contributed by atoms with E-state index < -0.39 is 0 Å². The summed E-state index contributed by atoms with van der Waals surface area (Å²) in [7, 11) is 0. The van der Waals surface area contributed by atoms with Gasteiger partial charge < -0.3 is 10.6 Å². The minimum atomic E-state index is 0. The topological polar surface area (TPSA) is 41.6 Å². The first-order chi connectivity index (χ1) is 7.86. The van der Waals surface area contributed by atoms with E-state index in [0.29, 0.717) is 0 Å². The van der Waals surface area contributed by atoms with Crippen LogP contribution >= 0.6 is 47.5 Å². The predicted octanol–water partition coefficient (Wildman–Crippen LogP) is 2.11. The molecule has 2 saturated heterocycles. The normalized spacial score (nSPS) is 26.5. The zero-order valence-electron chi connectivity index (χ0n) is 10.1. The molecular weight excluding hydrogens is 365 g/mol. The van der Waals surface area contributed by atoms with Crippen LogP contribution in [0.25, 0.3) is 0 Å². The lowest BCUT2D eigenvalue weighted by Crippen LogP contribution is -2.43. The molecule has 2 aliphatic rings. The molecule has 0 aromatic carbocycles. The Morgan fingerprint density at radius 2 is 2.00 bits per heavy atom. The fraction of sp³-hybridized carbons (Fsp3) is 0.909. The fourth-order valence-corrected chi connectivity index (χ4v) is 4.11. The van der Waals surface area contributed by atoms with Gasteiger partial charge in [0, 0.05) is 31.1 Å². The highest BCUT2D eigenvalue weighted by atomic mass is 127. The first kappa shape index (κ1) is 15.8. The molecule has 6 heteroatoms. The number of halogens is 1. The first-order valence-corrected chi connectivity index (χ1v) is 8.37. The van der Waals surface area contributed by atoms with Crippen LogP contribution < -0.4 is 5.73 Å². The quantitative estimate of drug-likeness (QED) is 0.448. The second-order valence-electron chi connectivity index (χ2n) is 4.38. The van der Waals surface area contributed by atoms with Gasteiger partial charge in [-0.2, -0.15) is 23.5 Å². The monoisotopic (exact) mass is 387 g/mol. The average Bonchev–Trinajstić information content (AvgIpc) is 2.38. The fourth-order valence-electron chi connectivity index (χ4n) is 2.07. The van der Waals surface area contributed by atoms with Crippen LogP contribution in [-0.2, 0) is 0 Å². The van der Waals surface area contributed by atoms with E-state index in [9.17, 15) is 0 Å². The number of hydrogen-bond acceptors (Lipinski definition) is 3. The summed E-state index contributed by atoms with van der Waals surface area (Å²) >= 11 is 4.07. The molecule has 0 aliphatic carbocycles. The molecule has 3 nitrogen and oxygen atoms in total. The van der Waals surface area contributed by atoms with Crippen LogP contribution in [0, 0.1) is 5.92 Å². The molecule has 17 heavy (non-hydrogen) atoms. The summed E-state index contributed by atoms with van der Waals surface area (Å²) in [6, 6.07) is 0. The van der Waals surface area contributed by atoms with Crippen molar-refractivity contribution in [3.05, 3.63) is 0 Å². The van der Waals surface area contributed by atoms with Gasteiger partial charge in [0.05, 0.1) is 0 Å². The van der Waals surface area contributed by atoms with Crippen LogP contribution in [0.15, 0.2) is 4.99 Å². The van der Waals surface area contributed by atoms with E-state index in [1.165, 1.54) is 35.9 Å². The van der Waals surface area contributed by atoms with Crippen LogP contribution in [0.2, 0.25) is 0 Å². The Bertz CT molecular complexity index is 239. The highest BCUT2D eigenvalue weighted by molar-refractivity contribution is 14.0. The van der Waals surface area contributed by atoms with Crippen molar-refractivity contribution >= 4 is 53.5 Å². The second kappa shape index (κ2) is 8.74. The third-order valence-corrected chi connectivity index (χ3v) is 5.33. The van der Waals surface area contributed by atoms with Gasteiger partial charge in [0.25, 0.3) is 0 Å². The van der Waals surface area contributed by atoms with Crippen LogP contribution in [0.3, 0.4) is 0 Å². The molecule has 0 aromatic rings. The average molecular weight is 387 g/mol. The van der Waals surface area contributed by atoms with Gasteiger partial charge in [-0.15, -0.1) is 24.0 Å². The first-order valence-electron chi connectivity index (χ1n) is 6.06. The molecule has 0 saturated carbocycles. The number of hydrogen-bond donors (Lipinski definition) is 1. The number of nitrogens with zero attached hydrogens (tertiary/aromatic N) is 2. The highest BCUT2D eigenvalue weighted by Gasteiger charge is 2.15. The van der Waals surface area contributed by atoms with Crippen LogP contribution in [-0.4, -0.2) is 53.5 Å². The van der Waals surface area contributed by atoms with Crippen molar-refractivity contribution in [1.82, 2.24) is 4.90 Å². The van der Waals surface area contributed by atoms with Crippen LogP contribution in [0.4, 0.5) is 0 Å². The Morgan fingerprint density at radius 1 is 1.24 bits per heavy atom. The van der Waals surface area contributed by atoms with Crippen molar-refractivity contribution in [2.24, 2.45) is 16.6 Å². The molecule has 2 heterocycles. The minimum Gasteiger partial charge on any atom is -0.370 e. The molecule has 2 fully saturated rings. The Hall–Kier alpha value is 0.700. The Balaban J connectivity index is 0.00000144. The zero-order chi connectivity index (χ0) is 11.2. The molecule has 0 amide bonds. The summed E-state index contributed by atoms with van der Waals surface area (Å²) in [5.74, 6) is 6.52. The zero-order valence-corrected chi connectivity index (χ0v) is 14.1. The number of rotatable bonds is 2. The molecule has 1 atom stereocenters. The molecule has 0 radical (unpaired) electrons. The van der Waals surface area contributed by atoms with Crippen LogP contribution in [0.1, 0.15) is 12.8 Å². The lowest BCUT2D eigenvalue weighted by Gasteiger charge is -2.28. The largest absolute Gasteiger partial charge is 0.370 e. The molecule has 0 bridgehead atoms. The van der Waals surface area contributed by atoms with E-state index in [1.807, 2.05) is 11.8 Å². The lowest BCUT2D eigenvalue weighted by molar-refractivity contribution is 0.450. The molecular formula is C11H22IN3S2. The van der Waals surface area contributed by atoms with E-state index in [0.717, 1.165) is 31.5 Å². The number of nitrogens with two attached hydrogens (primary N) is 1. The SMILES string of the molecule is I.NC(=NCC1CCCSC1)N1CCSCC1. The van der Waals surface area contributed by atoms with Crippen molar-refractivity contribution in [3.63, 3.8) is 0 Å². The number of aliphatic imine (C=N–C) groups is 1. The molecule has 0 aromatic heterocycles. The summed E-state index contributed by atoms with van der Waals surface area (Å²) in [6.45, 7) is 3.07. The van der Waals surface area contributed by atoms with Gasteiger partial charge in [0.1, 0.15) is 0 Å². The van der Waals surface area contributed by atoms with Crippen molar-refractivity contribution < 1.29 is 0 Å². The van der Waals surface area contributed by atoms with Gasteiger partial charge in [-0.3, -0.25) is 4.99 Å². The lowest BCUT2D eigenvalue weighted by atomic mass is 10.1. The predicted molar refractivity (Wildman–Crippen MR) is 90.9 cm³/mol. The van der Waals surface area contributed by atoms with E-state index in [1.54, 1.807) is 0 Å². The van der Waals surface area contributed by atoms with Crippen LogP contribution in [0.5, 0.6) is 0 Å². The smallest absolute Gasteiger partial charge is 0.191 e. The summed E-state index contributed by atoms with van der Waals surface area (Å²) in [6.07, 6.45) is 2.69. The molecule has 2 rings (SSSR count). The maximum Gasteiger partial charge on any atom is 0.191 e. The Morgan fingerprint density at radius 3 is 2.65 bits per heavy atom. The van der Waals surface area contributed by atoms with E-state index >= 15 is 0 Å². The van der Waals surface area contributed by atoms with E-state index in [4.69, 9.17) is 5.73 Å². The Labute approximate surface area is 130 Å². The van der Waals surface area contributed by atoms with Gasteiger partial charge >= 0.3 is 0 Å². The number of thioether (sulfide) groups is 2. The van der Waals surface area contributed by atoms with Gasteiger partial charge in [0.15, 0.2) is 5.96 Å². The summed E-state index contributed by atoms with van der Waals surface area (Å²) < 4.78 is 0. The third-order valence-electron chi connectivity index (χ3n) is 3.10. The van der Waals surface area contributed by atoms with Crippen molar-refractivity contribution in [2.45, 2.75) is 12.8 Å². The van der Waals surface area contributed by atoms with E-state index in [2.05, 4.69) is 21.7 Å². The summed E-state index contributed by atoms with van der Waals surface area (Å²) in [4.78, 5) is 6.80. The molecule has 2 N–H and O–H groups in total. The second-order valence-corrected chi connectivity index (χ2v) is 6.76. The van der Waals surface area contributed by atoms with Crippen molar-refractivity contribution in [2.75, 3.05) is 42.6 Å². The number of guanidine groups is 1. The standard InChI is InChI=1S/C11H21N3S2.HI/c12-11(14-3-6-15-7-4-14)13-8-10-2-1-5-16-9-10;/h10H,1-9H2,(H2,12,13);1H. The highest BCUT2D eigenvalue weighted by Crippen LogP contribution is 2.22. The molecule has 1 unspecified atom stereocenters. The van der Waals surface area contributed by atoms with Gasteiger partial charge in [-0.05, 0) is 30.3 Å². The Kier molecular flexibility index (Phi) is 8.10. The van der Waals surface area contributed by atoms with Gasteiger partial charge in [-0.1, -0.05) is 0 Å². The molecule has 0 spiro atoms. The summed E-state index contributed by atoms with van der Waals surface area (Å²) in [5.41, 5.74) is 6.03. The maximum atomic E-state index is 6.03. The summed E-state index contributed by atoms with van der Waals surface area (Å²) in [5, 5.41) is 0. The minimum absolute atomic E-state index is 0. The third kappa shape index (κ3) is 5.46. The van der Waals surface area contributed by atoms with Crippen molar-refractivity contribution in [3.8, 4) is 0 Å². The maximum absolute atomic E-state index is 6.03. The molecule has 2 aliphatic heterocycles. The van der Waals surface area contributed by atoms with E-state index in [-0.39, 0.29) is 24.0 Å². The van der Waals surface area contributed by atoms with Gasteiger partial charge in [-0.25, -0.2) is 0 Å². The van der Waals surface area contributed by atoms with Gasteiger partial charge in [0.2, 0.25) is 0 Å². The van der Waals surface area contributed by atoms with Crippen molar-refractivity contribution in [1.29, 1.82) is 0 Å².